The Morgan fingerprint density at radius 2 is 2.06 bits per heavy atom. The molecule has 17 heavy (non-hydrogen) atoms. The average Bonchev–Trinajstić information content (AvgIpc) is 2.78. The van der Waals surface area contributed by atoms with Gasteiger partial charge in [0.05, 0.1) is 11.2 Å². The Bertz CT molecular complexity index is 402. The lowest BCUT2D eigenvalue weighted by atomic mass is 9.91. The summed E-state index contributed by atoms with van der Waals surface area (Å²) in [5.74, 6) is 0.138. The molecule has 1 N–H and O–H groups in total. The van der Waals surface area contributed by atoms with Crippen LogP contribution in [0.15, 0.2) is 5.51 Å². The smallest absolute Gasteiger partial charge is 0.265 e. The summed E-state index contributed by atoms with van der Waals surface area (Å²) in [6.07, 6.45) is 0. The molecule has 2 rings (SSSR count). The van der Waals surface area contributed by atoms with E-state index in [1.165, 1.54) is 11.3 Å². The summed E-state index contributed by atoms with van der Waals surface area (Å²) < 4.78 is 0. The first-order valence-corrected chi connectivity index (χ1v) is 6.82. The Hall–Kier alpha value is -0.940. The molecule has 1 aromatic heterocycles. The van der Waals surface area contributed by atoms with E-state index in [-0.39, 0.29) is 11.3 Å². The van der Waals surface area contributed by atoms with Gasteiger partial charge in [-0.05, 0) is 0 Å². The van der Waals surface area contributed by atoms with Crippen molar-refractivity contribution in [2.75, 3.05) is 26.2 Å². The molecule has 0 aromatic carbocycles. The van der Waals surface area contributed by atoms with Crippen LogP contribution in [0, 0.1) is 0 Å². The van der Waals surface area contributed by atoms with Crippen molar-refractivity contribution >= 4 is 17.2 Å². The van der Waals surface area contributed by atoms with Crippen molar-refractivity contribution in [2.24, 2.45) is 0 Å². The van der Waals surface area contributed by atoms with Crippen molar-refractivity contribution in [3.63, 3.8) is 0 Å². The van der Waals surface area contributed by atoms with Crippen LogP contribution in [0.1, 0.15) is 36.1 Å². The fraction of sp³-hybridized carbons (Fsp3) is 0.667. The zero-order valence-corrected chi connectivity index (χ0v) is 11.4. The number of carbonyl (C=O) groups excluding carboxylic acids is 1. The number of hydrogen-bond donors (Lipinski definition) is 1. The van der Waals surface area contributed by atoms with Crippen LogP contribution in [-0.4, -0.2) is 42.0 Å². The van der Waals surface area contributed by atoms with E-state index in [2.05, 4.69) is 31.1 Å². The Balaban J connectivity index is 2.22. The maximum absolute atomic E-state index is 12.4. The maximum atomic E-state index is 12.4. The van der Waals surface area contributed by atoms with E-state index in [0.717, 1.165) is 36.8 Å². The van der Waals surface area contributed by atoms with Crippen LogP contribution in [0.5, 0.6) is 0 Å². The van der Waals surface area contributed by atoms with Crippen LogP contribution in [0.3, 0.4) is 0 Å². The summed E-state index contributed by atoms with van der Waals surface area (Å²) in [5, 5.41) is 3.25. The lowest BCUT2D eigenvalue weighted by molar-refractivity contribution is 0.0738. The second kappa shape index (κ2) is 4.74. The standard InChI is InChI=1S/C12H19N3OS/c1-12(2,3)10-9(17-8-14-10)11(16)15-6-4-13-5-7-15/h8,13H,4-7H2,1-3H3. The van der Waals surface area contributed by atoms with Crippen molar-refractivity contribution in [3.8, 4) is 0 Å². The van der Waals surface area contributed by atoms with E-state index < -0.39 is 0 Å². The van der Waals surface area contributed by atoms with Crippen molar-refractivity contribution in [1.29, 1.82) is 0 Å². The van der Waals surface area contributed by atoms with E-state index in [0.29, 0.717) is 0 Å². The highest BCUT2D eigenvalue weighted by Gasteiger charge is 2.28. The third-order valence-corrected chi connectivity index (χ3v) is 3.69. The monoisotopic (exact) mass is 253 g/mol. The number of aromatic nitrogens is 1. The van der Waals surface area contributed by atoms with Gasteiger partial charge in [0, 0.05) is 31.6 Å². The molecule has 1 amide bonds. The first kappa shape index (κ1) is 12.5. The van der Waals surface area contributed by atoms with Gasteiger partial charge in [-0.15, -0.1) is 11.3 Å². The van der Waals surface area contributed by atoms with Crippen molar-refractivity contribution in [3.05, 3.63) is 16.1 Å². The highest BCUT2D eigenvalue weighted by molar-refractivity contribution is 7.11. The van der Waals surface area contributed by atoms with Crippen molar-refractivity contribution in [1.82, 2.24) is 15.2 Å². The predicted molar refractivity (Wildman–Crippen MR) is 69.6 cm³/mol. The molecule has 1 aliphatic rings. The summed E-state index contributed by atoms with van der Waals surface area (Å²) in [5.41, 5.74) is 2.63. The minimum atomic E-state index is -0.0704. The molecule has 1 saturated heterocycles. The minimum absolute atomic E-state index is 0.0704. The molecule has 94 valence electrons. The van der Waals surface area contributed by atoms with E-state index in [9.17, 15) is 4.79 Å². The van der Waals surface area contributed by atoms with E-state index >= 15 is 0 Å². The molecule has 0 unspecified atom stereocenters. The molecule has 0 bridgehead atoms. The number of amides is 1. The second-order valence-corrected chi connectivity index (χ2v) is 6.18. The quantitative estimate of drug-likeness (QED) is 0.824. The summed E-state index contributed by atoms with van der Waals surface area (Å²) in [7, 11) is 0. The predicted octanol–water partition coefficient (Wildman–Crippen LogP) is 1.49. The highest BCUT2D eigenvalue weighted by atomic mass is 32.1. The molecule has 5 heteroatoms. The topological polar surface area (TPSA) is 45.2 Å². The van der Waals surface area contributed by atoms with Gasteiger partial charge in [-0.2, -0.15) is 0 Å². The van der Waals surface area contributed by atoms with Gasteiger partial charge in [0.2, 0.25) is 0 Å². The fourth-order valence-electron chi connectivity index (χ4n) is 1.94. The lowest BCUT2D eigenvalue weighted by Gasteiger charge is -2.28. The zero-order chi connectivity index (χ0) is 12.5. The molecule has 0 aliphatic carbocycles. The van der Waals surface area contributed by atoms with E-state index in [4.69, 9.17) is 0 Å². The van der Waals surface area contributed by atoms with Gasteiger partial charge < -0.3 is 10.2 Å². The second-order valence-electron chi connectivity index (χ2n) is 5.32. The van der Waals surface area contributed by atoms with Gasteiger partial charge in [0.25, 0.3) is 5.91 Å². The fourth-order valence-corrected chi connectivity index (χ4v) is 2.91. The first-order chi connectivity index (χ1) is 8.00. The molecular weight excluding hydrogens is 234 g/mol. The van der Waals surface area contributed by atoms with Gasteiger partial charge in [-0.25, -0.2) is 4.98 Å². The largest absolute Gasteiger partial charge is 0.335 e. The van der Waals surface area contributed by atoms with E-state index in [1.54, 1.807) is 5.51 Å². The van der Waals surface area contributed by atoms with Crippen molar-refractivity contribution < 1.29 is 4.79 Å². The number of nitrogens with one attached hydrogen (secondary N) is 1. The van der Waals surface area contributed by atoms with Gasteiger partial charge in [-0.1, -0.05) is 20.8 Å². The average molecular weight is 253 g/mol. The minimum Gasteiger partial charge on any atom is -0.335 e. The Morgan fingerprint density at radius 1 is 1.41 bits per heavy atom. The third-order valence-electron chi connectivity index (χ3n) is 2.88. The highest BCUT2D eigenvalue weighted by Crippen LogP contribution is 2.28. The van der Waals surface area contributed by atoms with Crippen LogP contribution < -0.4 is 5.32 Å². The van der Waals surface area contributed by atoms with Gasteiger partial charge in [0.15, 0.2) is 0 Å². The molecule has 4 nitrogen and oxygen atoms in total. The first-order valence-electron chi connectivity index (χ1n) is 5.94. The normalized spacial score (nSPS) is 17.2. The Morgan fingerprint density at radius 3 is 2.65 bits per heavy atom. The van der Waals surface area contributed by atoms with E-state index in [1.807, 2.05) is 4.90 Å². The summed E-state index contributed by atoms with van der Waals surface area (Å²) in [6.45, 7) is 9.63. The third kappa shape index (κ3) is 2.66. The van der Waals surface area contributed by atoms with Gasteiger partial charge in [0.1, 0.15) is 4.88 Å². The molecule has 1 aliphatic heterocycles. The molecule has 0 saturated carbocycles. The lowest BCUT2D eigenvalue weighted by Crippen LogP contribution is -2.46. The summed E-state index contributed by atoms with van der Waals surface area (Å²) >= 11 is 1.46. The number of nitrogens with zero attached hydrogens (tertiary/aromatic N) is 2. The molecule has 0 spiro atoms. The van der Waals surface area contributed by atoms with Crippen LogP contribution in [0.4, 0.5) is 0 Å². The number of hydrogen-bond acceptors (Lipinski definition) is 4. The Labute approximate surface area is 106 Å². The summed E-state index contributed by atoms with van der Waals surface area (Å²) in [6, 6.07) is 0. The van der Waals surface area contributed by atoms with Crippen LogP contribution in [0.25, 0.3) is 0 Å². The Kier molecular flexibility index (Phi) is 3.49. The number of thiazole rings is 1. The van der Waals surface area contributed by atoms with Gasteiger partial charge >= 0.3 is 0 Å². The van der Waals surface area contributed by atoms with Crippen LogP contribution >= 0.6 is 11.3 Å². The maximum Gasteiger partial charge on any atom is 0.265 e. The molecule has 2 heterocycles. The zero-order valence-electron chi connectivity index (χ0n) is 10.6. The van der Waals surface area contributed by atoms with Crippen LogP contribution in [0.2, 0.25) is 0 Å². The summed E-state index contributed by atoms with van der Waals surface area (Å²) in [4.78, 5) is 19.5. The number of carbonyl (C=O) groups is 1. The SMILES string of the molecule is CC(C)(C)c1ncsc1C(=O)N1CCNCC1. The van der Waals surface area contributed by atoms with Crippen molar-refractivity contribution in [2.45, 2.75) is 26.2 Å². The molecule has 0 radical (unpaired) electrons. The van der Waals surface area contributed by atoms with Crippen LogP contribution in [-0.2, 0) is 5.41 Å². The number of piperazine rings is 1. The molecular formula is C12H19N3OS. The molecule has 0 atom stereocenters. The molecule has 1 aromatic rings. The van der Waals surface area contributed by atoms with Gasteiger partial charge in [-0.3, -0.25) is 4.79 Å². The number of rotatable bonds is 1. The molecule has 1 fully saturated rings.